The first kappa shape index (κ1) is 11.5. The van der Waals surface area contributed by atoms with E-state index in [-0.39, 0.29) is 23.6 Å². The van der Waals surface area contributed by atoms with Gasteiger partial charge in [0.25, 0.3) is 11.7 Å². The number of ether oxygens (including phenoxy) is 1. The smallest absolute Gasteiger partial charge is 0.310 e. The van der Waals surface area contributed by atoms with Crippen molar-refractivity contribution in [2.24, 2.45) is 5.92 Å². The van der Waals surface area contributed by atoms with Crippen molar-refractivity contribution in [3.63, 3.8) is 0 Å². The standard InChI is InChI=1S/C9H13N5O3/c1-17-9(16)6-3-2-4-14(5-6)8(15)7-10-12-13-11-7/h6H,2-5H2,1H3,(H,10,11,12,13). The van der Waals surface area contributed by atoms with Crippen LogP contribution in [0.5, 0.6) is 0 Å². The lowest BCUT2D eigenvalue weighted by Crippen LogP contribution is -2.43. The number of piperidine rings is 1. The molecular formula is C9H13N5O3. The highest BCUT2D eigenvalue weighted by Crippen LogP contribution is 2.18. The molecule has 0 radical (unpaired) electrons. The third-order valence-electron chi connectivity index (χ3n) is 2.78. The normalized spacial score (nSPS) is 20.1. The third-order valence-corrected chi connectivity index (χ3v) is 2.78. The highest BCUT2D eigenvalue weighted by molar-refractivity contribution is 5.90. The lowest BCUT2D eigenvalue weighted by molar-refractivity contribution is -0.146. The van der Waals surface area contributed by atoms with Crippen molar-refractivity contribution >= 4 is 11.9 Å². The van der Waals surface area contributed by atoms with E-state index < -0.39 is 0 Å². The topological polar surface area (TPSA) is 101 Å². The number of aromatic nitrogens is 4. The number of H-pyrrole nitrogens is 1. The first-order valence-electron chi connectivity index (χ1n) is 5.33. The summed E-state index contributed by atoms with van der Waals surface area (Å²) >= 11 is 0. The van der Waals surface area contributed by atoms with E-state index in [4.69, 9.17) is 0 Å². The van der Waals surface area contributed by atoms with Crippen LogP contribution in [-0.2, 0) is 9.53 Å². The molecule has 1 unspecified atom stereocenters. The number of rotatable bonds is 2. The molecule has 1 aliphatic rings. The van der Waals surface area contributed by atoms with Gasteiger partial charge in [-0.15, -0.1) is 10.2 Å². The van der Waals surface area contributed by atoms with Gasteiger partial charge in [-0.2, -0.15) is 5.21 Å². The molecule has 8 heteroatoms. The second-order valence-corrected chi connectivity index (χ2v) is 3.85. The molecule has 1 aromatic rings. The van der Waals surface area contributed by atoms with Crippen LogP contribution < -0.4 is 0 Å². The second kappa shape index (κ2) is 4.89. The lowest BCUT2D eigenvalue weighted by atomic mass is 9.98. The van der Waals surface area contributed by atoms with Crippen LogP contribution in [0.4, 0.5) is 0 Å². The van der Waals surface area contributed by atoms with Crippen molar-refractivity contribution in [3.05, 3.63) is 5.82 Å². The summed E-state index contributed by atoms with van der Waals surface area (Å²) in [7, 11) is 1.35. The maximum atomic E-state index is 11.9. The number of hydrogen-bond donors (Lipinski definition) is 1. The molecule has 1 aromatic heterocycles. The molecule has 1 aliphatic heterocycles. The van der Waals surface area contributed by atoms with E-state index in [2.05, 4.69) is 25.4 Å². The van der Waals surface area contributed by atoms with Crippen molar-refractivity contribution in [2.45, 2.75) is 12.8 Å². The first-order chi connectivity index (χ1) is 8.22. The van der Waals surface area contributed by atoms with E-state index >= 15 is 0 Å². The molecule has 17 heavy (non-hydrogen) atoms. The van der Waals surface area contributed by atoms with Crippen LogP contribution in [-0.4, -0.2) is 57.6 Å². The minimum atomic E-state index is -0.313. The molecule has 8 nitrogen and oxygen atoms in total. The number of amides is 1. The number of likely N-dealkylation sites (tertiary alicyclic amines) is 1. The summed E-state index contributed by atoms with van der Waals surface area (Å²) in [5.41, 5.74) is 0. The number of methoxy groups -OCH3 is 1. The molecule has 0 spiro atoms. The minimum Gasteiger partial charge on any atom is -0.469 e. The van der Waals surface area contributed by atoms with Gasteiger partial charge in [-0.3, -0.25) is 9.59 Å². The number of tetrazole rings is 1. The molecule has 2 rings (SSSR count). The van der Waals surface area contributed by atoms with Gasteiger partial charge in [0.05, 0.1) is 13.0 Å². The summed E-state index contributed by atoms with van der Waals surface area (Å²) in [4.78, 5) is 24.9. The number of nitrogens with one attached hydrogen (secondary N) is 1. The predicted octanol–water partition coefficient (Wildman–Crippen LogP) is -0.775. The van der Waals surface area contributed by atoms with Crippen LogP contribution in [0, 0.1) is 5.92 Å². The molecule has 0 bridgehead atoms. The Morgan fingerprint density at radius 3 is 3.00 bits per heavy atom. The van der Waals surface area contributed by atoms with E-state index in [1.54, 1.807) is 4.90 Å². The van der Waals surface area contributed by atoms with Crippen LogP contribution >= 0.6 is 0 Å². The number of hydrogen-bond acceptors (Lipinski definition) is 6. The van der Waals surface area contributed by atoms with Crippen LogP contribution in [0.2, 0.25) is 0 Å². The summed E-state index contributed by atoms with van der Waals surface area (Å²) in [6, 6.07) is 0. The summed E-state index contributed by atoms with van der Waals surface area (Å²) in [5.74, 6) is -0.830. The highest BCUT2D eigenvalue weighted by atomic mass is 16.5. The zero-order valence-corrected chi connectivity index (χ0v) is 9.42. The quantitative estimate of drug-likeness (QED) is 0.680. The van der Waals surface area contributed by atoms with Crippen LogP contribution in [0.1, 0.15) is 23.5 Å². The van der Waals surface area contributed by atoms with Crippen LogP contribution in [0.25, 0.3) is 0 Å². The Hall–Kier alpha value is -1.99. The molecule has 92 valence electrons. The van der Waals surface area contributed by atoms with Gasteiger partial charge in [0.15, 0.2) is 0 Å². The number of carbonyl (C=O) groups excluding carboxylic acids is 2. The summed E-state index contributed by atoms with van der Waals surface area (Å²) in [6.45, 7) is 0.945. The van der Waals surface area contributed by atoms with Crippen molar-refractivity contribution in [1.29, 1.82) is 0 Å². The maximum absolute atomic E-state index is 11.9. The minimum absolute atomic E-state index is 0.0236. The highest BCUT2D eigenvalue weighted by Gasteiger charge is 2.30. The van der Waals surface area contributed by atoms with Crippen molar-refractivity contribution in [2.75, 3.05) is 20.2 Å². The number of nitrogens with zero attached hydrogens (tertiary/aromatic N) is 4. The fourth-order valence-electron chi connectivity index (χ4n) is 1.91. The Morgan fingerprint density at radius 1 is 1.53 bits per heavy atom. The maximum Gasteiger partial charge on any atom is 0.310 e. The van der Waals surface area contributed by atoms with Gasteiger partial charge < -0.3 is 9.64 Å². The number of esters is 1. The fraction of sp³-hybridized carbons (Fsp3) is 0.667. The molecule has 0 aromatic carbocycles. The largest absolute Gasteiger partial charge is 0.469 e. The van der Waals surface area contributed by atoms with Gasteiger partial charge in [0.1, 0.15) is 0 Å². The van der Waals surface area contributed by atoms with E-state index in [1.807, 2.05) is 0 Å². The molecule has 1 saturated heterocycles. The number of aromatic amines is 1. The first-order valence-corrected chi connectivity index (χ1v) is 5.33. The Labute approximate surface area is 97.3 Å². The van der Waals surface area contributed by atoms with E-state index in [0.29, 0.717) is 13.1 Å². The Morgan fingerprint density at radius 2 is 2.35 bits per heavy atom. The predicted molar refractivity (Wildman–Crippen MR) is 54.8 cm³/mol. The van der Waals surface area contributed by atoms with Gasteiger partial charge in [0, 0.05) is 13.1 Å². The van der Waals surface area contributed by atoms with Crippen molar-refractivity contribution < 1.29 is 14.3 Å². The third kappa shape index (κ3) is 2.40. The zero-order chi connectivity index (χ0) is 12.3. The Balaban J connectivity index is 2.02. The SMILES string of the molecule is COC(=O)C1CCCN(C(=O)c2nn[nH]n2)C1. The van der Waals surface area contributed by atoms with Gasteiger partial charge >= 0.3 is 5.97 Å². The molecule has 1 N–H and O–H groups in total. The molecule has 2 heterocycles. The van der Waals surface area contributed by atoms with E-state index in [1.165, 1.54) is 7.11 Å². The molecule has 0 saturated carbocycles. The van der Waals surface area contributed by atoms with Crippen LogP contribution in [0.15, 0.2) is 0 Å². The summed E-state index contributed by atoms with van der Waals surface area (Å²) in [5, 5.41) is 12.8. The fourth-order valence-corrected chi connectivity index (χ4v) is 1.91. The average Bonchev–Trinajstić information content (AvgIpc) is 2.91. The van der Waals surface area contributed by atoms with Gasteiger partial charge in [0.2, 0.25) is 0 Å². The van der Waals surface area contributed by atoms with Crippen molar-refractivity contribution in [3.8, 4) is 0 Å². The molecule has 1 fully saturated rings. The van der Waals surface area contributed by atoms with Crippen LogP contribution in [0.3, 0.4) is 0 Å². The van der Waals surface area contributed by atoms with E-state index in [0.717, 1.165) is 12.8 Å². The summed E-state index contributed by atoms with van der Waals surface area (Å²) < 4.78 is 4.68. The average molecular weight is 239 g/mol. The van der Waals surface area contributed by atoms with E-state index in [9.17, 15) is 9.59 Å². The Bertz CT molecular complexity index is 405. The van der Waals surface area contributed by atoms with Gasteiger partial charge in [-0.1, -0.05) is 0 Å². The monoisotopic (exact) mass is 239 g/mol. The van der Waals surface area contributed by atoms with Gasteiger partial charge in [-0.25, -0.2) is 0 Å². The molecule has 1 atom stereocenters. The Kier molecular flexibility index (Phi) is 3.31. The van der Waals surface area contributed by atoms with Crippen molar-refractivity contribution in [1.82, 2.24) is 25.5 Å². The molecule has 0 aliphatic carbocycles. The van der Waals surface area contributed by atoms with Gasteiger partial charge in [-0.05, 0) is 18.1 Å². The number of carbonyl (C=O) groups is 2. The zero-order valence-electron chi connectivity index (χ0n) is 9.42. The summed E-state index contributed by atoms with van der Waals surface area (Å²) in [6.07, 6.45) is 1.51. The molecule has 1 amide bonds. The second-order valence-electron chi connectivity index (χ2n) is 3.85. The lowest BCUT2D eigenvalue weighted by Gasteiger charge is -2.30. The molecular weight excluding hydrogens is 226 g/mol.